The Morgan fingerprint density at radius 2 is 1.78 bits per heavy atom. The molecule has 0 aliphatic carbocycles. The van der Waals surface area contributed by atoms with E-state index in [4.69, 9.17) is 0 Å². The molecular formula is C28H24F2N4O3. The Morgan fingerprint density at radius 3 is 2.59 bits per heavy atom. The highest BCUT2D eigenvalue weighted by atomic mass is 19.3. The molecule has 188 valence electrons. The Balaban J connectivity index is 1.24. The molecule has 6 rings (SSSR count). The number of likely N-dealkylation sites (N-methyl/N-ethyl adjacent to an activating group) is 1. The van der Waals surface area contributed by atoms with Crippen LogP contribution >= 0.6 is 0 Å². The van der Waals surface area contributed by atoms with E-state index in [-0.39, 0.29) is 24.0 Å². The highest BCUT2D eigenvalue weighted by Crippen LogP contribution is 2.43. The van der Waals surface area contributed by atoms with Crippen molar-refractivity contribution in [2.45, 2.75) is 26.3 Å². The third kappa shape index (κ3) is 4.26. The van der Waals surface area contributed by atoms with Crippen LogP contribution in [0, 0.1) is 0 Å². The molecule has 0 N–H and O–H groups in total. The maximum absolute atomic E-state index is 13.4. The molecule has 2 aliphatic rings. The first-order chi connectivity index (χ1) is 17.9. The van der Waals surface area contributed by atoms with E-state index < -0.39 is 6.29 Å². The lowest BCUT2D eigenvalue weighted by molar-refractivity contribution is -0.286. The van der Waals surface area contributed by atoms with E-state index in [0.29, 0.717) is 25.3 Å². The summed E-state index contributed by atoms with van der Waals surface area (Å²) in [5, 5.41) is 7.45. The Bertz CT molecular complexity index is 1520. The van der Waals surface area contributed by atoms with Crippen molar-refractivity contribution in [2.24, 2.45) is 5.10 Å². The molecule has 0 unspecified atom stereocenters. The largest absolute Gasteiger partial charge is 0.586 e. The summed E-state index contributed by atoms with van der Waals surface area (Å²) in [5.74, 6) is -0.361. The van der Waals surface area contributed by atoms with Gasteiger partial charge in [0, 0.05) is 41.3 Å². The fourth-order valence-electron chi connectivity index (χ4n) is 4.95. The van der Waals surface area contributed by atoms with Crippen molar-refractivity contribution in [3.8, 4) is 11.5 Å². The minimum Gasteiger partial charge on any atom is -0.395 e. The van der Waals surface area contributed by atoms with Gasteiger partial charge in [0.05, 0.1) is 18.5 Å². The topological polar surface area (TPSA) is 59.3 Å². The number of hydrazone groups is 1. The zero-order valence-corrected chi connectivity index (χ0v) is 20.1. The molecule has 3 aromatic carbocycles. The average molecular weight is 503 g/mol. The monoisotopic (exact) mass is 502 g/mol. The van der Waals surface area contributed by atoms with Crippen molar-refractivity contribution >= 4 is 28.7 Å². The summed E-state index contributed by atoms with van der Waals surface area (Å²) < 4.78 is 38.1. The number of carbonyl (C=O) groups excluding carboxylic acids is 1. The molecule has 0 saturated carbocycles. The molecule has 37 heavy (non-hydrogen) atoms. The van der Waals surface area contributed by atoms with Crippen LogP contribution in [-0.4, -0.2) is 41.1 Å². The van der Waals surface area contributed by atoms with E-state index in [1.807, 2.05) is 43.5 Å². The van der Waals surface area contributed by atoms with Crippen molar-refractivity contribution in [3.05, 3.63) is 89.6 Å². The molecule has 0 spiro atoms. The zero-order chi connectivity index (χ0) is 25.6. The molecule has 7 nitrogen and oxygen atoms in total. The molecule has 1 aromatic heterocycles. The van der Waals surface area contributed by atoms with Gasteiger partial charge in [-0.25, -0.2) is 0 Å². The van der Waals surface area contributed by atoms with Gasteiger partial charge in [-0.05, 0) is 30.7 Å². The molecule has 3 heterocycles. The first-order valence-electron chi connectivity index (χ1n) is 12.0. The van der Waals surface area contributed by atoms with E-state index in [2.05, 4.69) is 43.4 Å². The third-order valence-corrected chi connectivity index (χ3v) is 6.62. The summed E-state index contributed by atoms with van der Waals surface area (Å²) >= 11 is 0. The van der Waals surface area contributed by atoms with Crippen LogP contribution in [0.5, 0.6) is 11.5 Å². The van der Waals surface area contributed by atoms with Gasteiger partial charge in [0.15, 0.2) is 11.5 Å². The quantitative estimate of drug-likeness (QED) is 0.363. The van der Waals surface area contributed by atoms with Gasteiger partial charge >= 0.3 is 6.29 Å². The maximum atomic E-state index is 13.4. The van der Waals surface area contributed by atoms with E-state index >= 15 is 0 Å². The van der Waals surface area contributed by atoms with Crippen LogP contribution in [0.2, 0.25) is 0 Å². The number of nitrogens with zero attached hydrogens (tertiary/aromatic N) is 4. The van der Waals surface area contributed by atoms with Gasteiger partial charge in [0.25, 0.3) is 0 Å². The molecule has 0 saturated heterocycles. The van der Waals surface area contributed by atoms with Crippen molar-refractivity contribution in [1.29, 1.82) is 0 Å². The predicted molar refractivity (Wildman–Crippen MR) is 136 cm³/mol. The van der Waals surface area contributed by atoms with Crippen molar-refractivity contribution in [2.75, 3.05) is 18.0 Å². The number of amides is 1. The number of benzene rings is 3. The molecule has 0 bridgehead atoms. The normalized spacial score (nSPS) is 15.2. The van der Waals surface area contributed by atoms with Gasteiger partial charge in [-0.3, -0.25) is 9.80 Å². The number of alkyl halides is 2. The minimum absolute atomic E-state index is 0.0343. The number of hydrogen-bond acceptors (Lipinski definition) is 5. The van der Waals surface area contributed by atoms with Crippen LogP contribution in [0.3, 0.4) is 0 Å². The van der Waals surface area contributed by atoms with Crippen molar-refractivity contribution in [1.82, 2.24) is 9.58 Å². The number of carbonyl (C=O) groups is 1. The molecule has 9 heteroatoms. The third-order valence-electron chi connectivity index (χ3n) is 6.62. The molecular weight excluding hydrogens is 478 g/mol. The maximum Gasteiger partial charge on any atom is 0.586 e. The van der Waals surface area contributed by atoms with Crippen LogP contribution in [0.25, 0.3) is 10.9 Å². The summed E-state index contributed by atoms with van der Waals surface area (Å²) in [4.78, 5) is 14.8. The predicted octanol–water partition coefficient (Wildman–Crippen LogP) is 5.21. The second-order valence-electron chi connectivity index (χ2n) is 8.96. The van der Waals surface area contributed by atoms with E-state index in [9.17, 15) is 13.6 Å². The summed E-state index contributed by atoms with van der Waals surface area (Å²) in [6.45, 7) is 3.41. The zero-order valence-electron chi connectivity index (χ0n) is 20.1. The van der Waals surface area contributed by atoms with Crippen LogP contribution in [0.1, 0.15) is 23.7 Å². The summed E-state index contributed by atoms with van der Waals surface area (Å²) in [5.41, 5.74) is 4.90. The van der Waals surface area contributed by atoms with Crippen LogP contribution in [-0.2, 0) is 17.9 Å². The summed E-state index contributed by atoms with van der Waals surface area (Å²) in [6, 6.07) is 22.8. The fraction of sp³-hybridized carbons (Fsp3) is 0.214. The van der Waals surface area contributed by atoms with Crippen molar-refractivity contribution < 1.29 is 23.0 Å². The number of aromatic nitrogens is 1. The van der Waals surface area contributed by atoms with Gasteiger partial charge in [0.2, 0.25) is 5.91 Å². The molecule has 0 atom stereocenters. The number of halogens is 2. The van der Waals surface area contributed by atoms with Gasteiger partial charge in [-0.1, -0.05) is 48.5 Å². The van der Waals surface area contributed by atoms with Crippen LogP contribution in [0.15, 0.2) is 77.9 Å². The lowest BCUT2D eigenvalue weighted by Gasteiger charge is -2.27. The fourth-order valence-corrected chi connectivity index (χ4v) is 4.95. The Labute approximate surface area is 212 Å². The van der Waals surface area contributed by atoms with Crippen molar-refractivity contribution in [3.63, 3.8) is 0 Å². The smallest absolute Gasteiger partial charge is 0.395 e. The van der Waals surface area contributed by atoms with Gasteiger partial charge in [-0.2, -0.15) is 5.10 Å². The number of ether oxygens (including phenoxy) is 2. The average Bonchev–Trinajstić information content (AvgIpc) is 3.37. The Morgan fingerprint density at radius 1 is 1.03 bits per heavy atom. The minimum atomic E-state index is -3.71. The first-order valence-corrected chi connectivity index (χ1v) is 12.0. The molecule has 4 aromatic rings. The SMILES string of the molecule is CCN(C(=O)CN1Cc2c(n(Cc3ccccc3)c3ccccc23)C=N1)c1ccc2c(c1)OC(F)(F)O2. The first kappa shape index (κ1) is 23.0. The van der Waals surface area contributed by atoms with Crippen LogP contribution in [0.4, 0.5) is 14.5 Å². The number of hydrogen-bond donors (Lipinski definition) is 0. The molecule has 0 fully saturated rings. The lowest BCUT2D eigenvalue weighted by atomic mass is 10.1. The highest BCUT2D eigenvalue weighted by Gasteiger charge is 2.43. The van der Waals surface area contributed by atoms with E-state index in [1.54, 1.807) is 11.1 Å². The number of fused-ring (bicyclic) bond motifs is 4. The lowest BCUT2D eigenvalue weighted by Crippen LogP contribution is -2.39. The number of anilines is 1. The van der Waals surface area contributed by atoms with E-state index in [1.165, 1.54) is 22.6 Å². The summed E-state index contributed by atoms with van der Waals surface area (Å²) in [6.07, 6.45) is -1.89. The Kier molecular flexibility index (Phi) is 5.55. The number of para-hydroxylation sites is 1. The summed E-state index contributed by atoms with van der Waals surface area (Å²) in [7, 11) is 0. The second-order valence-corrected chi connectivity index (χ2v) is 8.96. The highest BCUT2D eigenvalue weighted by molar-refractivity contribution is 5.97. The van der Waals surface area contributed by atoms with Gasteiger partial charge < -0.3 is 18.9 Å². The number of rotatable bonds is 6. The van der Waals surface area contributed by atoms with Gasteiger partial charge in [-0.15, -0.1) is 8.78 Å². The van der Waals surface area contributed by atoms with Gasteiger partial charge in [0.1, 0.15) is 6.54 Å². The van der Waals surface area contributed by atoms with E-state index in [0.717, 1.165) is 22.2 Å². The molecule has 1 amide bonds. The Hall–Kier alpha value is -4.40. The standard InChI is InChI=1S/C28H24F2N4O3/c1-2-33(20-12-13-25-26(14-20)37-28(29,30)36-25)27(35)18-32-17-22-21-10-6-7-11-23(21)34(24(22)15-31-32)16-19-8-4-3-5-9-19/h3-15H,2,16-18H2,1H3. The molecule has 2 aliphatic heterocycles. The van der Waals surface area contributed by atoms with Crippen LogP contribution < -0.4 is 14.4 Å². The second kappa shape index (κ2) is 8.92. The molecule has 0 radical (unpaired) electrons.